The fraction of sp³-hybridized carbons (Fsp3) is 0.350. The number of methoxy groups -OCH3 is 2. The number of alkyl halides is 3. The summed E-state index contributed by atoms with van der Waals surface area (Å²) in [6.07, 6.45) is -4.49. The lowest BCUT2D eigenvalue weighted by Gasteiger charge is -2.16. The van der Waals surface area contributed by atoms with Crippen LogP contribution in [0.5, 0.6) is 11.5 Å². The van der Waals surface area contributed by atoms with Crippen LogP contribution in [0.4, 0.5) is 13.2 Å². The van der Waals surface area contributed by atoms with Crippen LogP contribution in [0.1, 0.15) is 31.3 Å². The van der Waals surface area contributed by atoms with Crippen molar-refractivity contribution in [1.82, 2.24) is 14.3 Å². The second-order valence-corrected chi connectivity index (χ2v) is 8.49. The van der Waals surface area contributed by atoms with Gasteiger partial charge in [0.15, 0.2) is 11.5 Å². The topological polar surface area (TPSA) is 82.5 Å². The number of fused-ring (bicyclic) bond motifs is 1. The first-order valence-corrected chi connectivity index (χ1v) is 10.8. The smallest absolute Gasteiger partial charge is 0.416 e. The van der Waals surface area contributed by atoms with Gasteiger partial charge in [-0.1, -0.05) is 0 Å². The molecular weight excluding hydrogens is 435 g/mol. The second kappa shape index (κ2) is 8.39. The van der Waals surface area contributed by atoms with Gasteiger partial charge in [0.25, 0.3) is 0 Å². The van der Waals surface area contributed by atoms with Crippen molar-refractivity contribution in [3.63, 3.8) is 0 Å². The average Bonchev–Trinajstić information content (AvgIpc) is 3.10. The van der Waals surface area contributed by atoms with E-state index in [0.717, 1.165) is 12.1 Å². The molecule has 3 rings (SSSR count). The third-order valence-electron chi connectivity index (χ3n) is 4.81. The molecule has 0 aliphatic heterocycles. The molecular formula is C20H22F3N3O4S. The molecule has 7 nitrogen and oxygen atoms in total. The minimum atomic E-state index is -4.49. The van der Waals surface area contributed by atoms with Gasteiger partial charge in [0.05, 0.1) is 41.8 Å². The first kappa shape index (κ1) is 22.9. The van der Waals surface area contributed by atoms with E-state index in [1.807, 2.05) is 0 Å². The minimum absolute atomic E-state index is 0.0458. The molecule has 31 heavy (non-hydrogen) atoms. The van der Waals surface area contributed by atoms with Crippen molar-refractivity contribution in [2.45, 2.75) is 37.5 Å². The van der Waals surface area contributed by atoms with E-state index in [1.165, 1.54) is 38.5 Å². The quantitative estimate of drug-likeness (QED) is 0.577. The number of benzene rings is 2. The molecule has 1 N–H and O–H groups in total. The Morgan fingerprint density at radius 2 is 1.77 bits per heavy atom. The summed E-state index contributed by atoms with van der Waals surface area (Å²) in [4.78, 5) is 4.32. The SMILES string of the molecule is CCn1c(C(C)NS(=O)(=O)c2ccc(OC)c(OC)c2)nc2ccc(C(F)(F)F)cc21. The Kier molecular flexibility index (Phi) is 6.19. The standard InChI is InChI=1S/C20H22F3N3O4S/c1-5-26-16-10-13(20(21,22)23)6-8-15(16)24-19(26)12(2)25-31(27,28)14-7-9-17(29-3)18(11-14)30-4/h6-12,25H,5H2,1-4H3. The Morgan fingerprint density at radius 3 is 2.35 bits per heavy atom. The molecule has 168 valence electrons. The first-order chi connectivity index (χ1) is 14.5. The highest BCUT2D eigenvalue weighted by Gasteiger charge is 2.31. The zero-order chi connectivity index (χ0) is 23.0. The van der Waals surface area contributed by atoms with Crippen LogP contribution in [0.25, 0.3) is 11.0 Å². The zero-order valence-electron chi connectivity index (χ0n) is 17.3. The molecule has 0 saturated carbocycles. The lowest BCUT2D eigenvalue weighted by molar-refractivity contribution is -0.137. The molecule has 2 aromatic carbocycles. The highest BCUT2D eigenvalue weighted by molar-refractivity contribution is 7.89. The van der Waals surface area contributed by atoms with Crippen LogP contribution >= 0.6 is 0 Å². The molecule has 1 heterocycles. The van der Waals surface area contributed by atoms with Crippen molar-refractivity contribution < 1.29 is 31.1 Å². The van der Waals surface area contributed by atoms with E-state index < -0.39 is 27.8 Å². The maximum Gasteiger partial charge on any atom is 0.416 e. The first-order valence-electron chi connectivity index (χ1n) is 9.33. The predicted octanol–water partition coefficient (Wildman–Crippen LogP) is 4.13. The van der Waals surface area contributed by atoms with Crippen molar-refractivity contribution in [2.75, 3.05) is 14.2 Å². The highest BCUT2D eigenvalue weighted by atomic mass is 32.2. The van der Waals surface area contributed by atoms with Gasteiger partial charge in [0.1, 0.15) is 5.82 Å². The van der Waals surface area contributed by atoms with Gasteiger partial charge in [0.2, 0.25) is 10.0 Å². The molecule has 0 bridgehead atoms. The molecule has 1 unspecified atom stereocenters. The van der Waals surface area contributed by atoms with Gasteiger partial charge in [-0.2, -0.15) is 13.2 Å². The van der Waals surface area contributed by atoms with E-state index in [4.69, 9.17) is 9.47 Å². The van der Waals surface area contributed by atoms with Crippen LogP contribution in [-0.4, -0.2) is 32.2 Å². The molecule has 0 radical (unpaired) electrons. The molecule has 0 fully saturated rings. The average molecular weight is 457 g/mol. The van der Waals surface area contributed by atoms with Crippen molar-refractivity contribution in [1.29, 1.82) is 0 Å². The number of hydrogen-bond donors (Lipinski definition) is 1. The van der Waals surface area contributed by atoms with Crippen molar-refractivity contribution in [3.8, 4) is 11.5 Å². The third kappa shape index (κ3) is 4.47. The summed E-state index contributed by atoms with van der Waals surface area (Å²) >= 11 is 0. The fourth-order valence-corrected chi connectivity index (χ4v) is 4.53. The number of aromatic nitrogens is 2. The summed E-state index contributed by atoms with van der Waals surface area (Å²) in [5.74, 6) is 0.933. The van der Waals surface area contributed by atoms with Gasteiger partial charge in [-0.25, -0.2) is 18.1 Å². The number of halogens is 3. The zero-order valence-corrected chi connectivity index (χ0v) is 18.1. The predicted molar refractivity (Wildman–Crippen MR) is 109 cm³/mol. The number of sulfonamides is 1. The van der Waals surface area contributed by atoms with Gasteiger partial charge in [-0.3, -0.25) is 0 Å². The summed E-state index contributed by atoms with van der Waals surface area (Å²) in [6, 6.07) is 6.62. The van der Waals surface area contributed by atoms with Crippen molar-refractivity contribution >= 4 is 21.1 Å². The molecule has 1 aromatic heterocycles. The van der Waals surface area contributed by atoms with E-state index in [9.17, 15) is 21.6 Å². The Hall–Kier alpha value is -2.79. The molecule has 0 saturated heterocycles. The minimum Gasteiger partial charge on any atom is -0.493 e. The summed E-state index contributed by atoms with van der Waals surface area (Å²) in [5.41, 5.74) is -0.161. The summed E-state index contributed by atoms with van der Waals surface area (Å²) in [6.45, 7) is 3.65. The van der Waals surface area contributed by atoms with Crippen LogP contribution in [0.3, 0.4) is 0 Å². The van der Waals surface area contributed by atoms with E-state index in [0.29, 0.717) is 23.6 Å². The summed E-state index contributed by atoms with van der Waals surface area (Å²) in [7, 11) is -1.15. The number of rotatable bonds is 7. The largest absolute Gasteiger partial charge is 0.493 e. The number of imidazole rings is 1. The summed E-state index contributed by atoms with van der Waals surface area (Å²) < 4.78 is 79.4. The summed E-state index contributed by atoms with van der Waals surface area (Å²) in [5, 5.41) is 0. The molecule has 0 spiro atoms. The van der Waals surface area contributed by atoms with E-state index >= 15 is 0 Å². The van der Waals surface area contributed by atoms with Crippen LogP contribution in [0, 0.1) is 0 Å². The monoisotopic (exact) mass is 457 g/mol. The number of hydrogen-bond acceptors (Lipinski definition) is 5. The van der Waals surface area contributed by atoms with Gasteiger partial charge < -0.3 is 14.0 Å². The molecule has 0 aliphatic rings. The maximum absolute atomic E-state index is 13.1. The molecule has 1 atom stereocenters. The van der Waals surface area contributed by atoms with Crippen LogP contribution in [0.15, 0.2) is 41.3 Å². The molecule has 3 aromatic rings. The number of nitrogens with one attached hydrogen (secondary N) is 1. The lowest BCUT2D eigenvalue weighted by Crippen LogP contribution is -2.29. The maximum atomic E-state index is 13.1. The number of ether oxygens (including phenoxy) is 2. The Balaban J connectivity index is 1.98. The van der Waals surface area contributed by atoms with Crippen LogP contribution in [0.2, 0.25) is 0 Å². The van der Waals surface area contributed by atoms with Crippen LogP contribution < -0.4 is 14.2 Å². The van der Waals surface area contributed by atoms with Crippen LogP contribution in [-0.2, 0) is 22.7 Å². The highest BCUT2D eigenvalue weighted by Crippen LogP contribution is 2.33. The fourth-order valence-electron chi connectivity index (χ4n) is 3.32. The van der Waals surface area contributed by atoms with E-state index in [2.05, 4.69) is 9.71 Å². The van der Waals surface area contributed by atoms with Gasteiger partial charge in [0, 0.05) is 12.6 Å². The van der Waals surface area contributed by atoms with E-state index in [-0.39, 0.29) is 16.2 Å². The Labute approximate surface area is 177 Å². The number of aryl methyl sites for hydroxylation is 1. The van der Waals surface area contributed by atoms with Crippen molar-refractivity contribution in [2.24, 2.45) is 0 Å². The number of nitrogens with zero attached hydrogens (tertiary/aromatic N) is 2. The molecule has 11 heteroatoms. The Bertz CT molecular complexity index is 1210. The van der Waals surface area contributed by atoms with Crippen molar-refractivity contribution in [3.05, 3.63) is 47.8 Å². The third-order valence-corrected chi connectivity index (χ3v) is 6.34. The lowest BCUT2D eigenvalue weighted by atomic mass is 10.2. The van der Waals surface area contributed by atoms with Gasteiger partial charge in [-0.05, 0) is 44.2 Å². The molecule has 0 aliphatic carbocycles. The molecule has 0 amide bonds. The Morgan fingerprint density at radius 1 is 1.10 bits per heavy atom. The van der Waals surface area contributed by atoms with E-state index in [1.54, 1.807) is 18.4 Å². The normalized spacial score (nSPS) is 13.4. The van der Waals surface area contributed by atoms with Gasteiger partial charge in [-0.15, -0.1) is 0 Å². The second-order valence-electron chi connectivity index (χ2n) is 6.78. The van der Waals surface area contributed by atoms with Gasteiger partial charge >= 0.3 is 6.18 Å².